The molecule has 0 atom stereocenters. The molecule has 3 aromatic carbocycles. The Morgan fingerprint density at radius 3 is 2.11 bits per heavy atom. The predicted molar refractivity (Wildman–Crippen MR) is 105 cm³/mol. The van der Waals surface area contributed by atoms with Gasteiger partial charge in [0.1, 0.15) is 16.5 Å². The van der Waals surface area contributed by atoms with Crippen molar-refractivity contribution in [3.63, 3.8) is 0 Å². The molecule has 0 aliphatic carbocycles. The highest BCUT2D eigenvalue weighted by atomic mass is 35.5. The van der Waals surface area contributed by atoms with E-state index in [9.17, 15) is 17.6 Å². The van der Waals surface area contributed by atoms with Crippen LogP contribution in [0.3, 0.4) is 0 Å². The van der Waals surface area contributed by atoms with E-state index in [2.05, 4.69) is 0 Å². The number of halogens is 2. The number of ketones is 1. The van der Waals surface area contributed by atoms with Gasteiger partial charge in [-0.25, -0.2) is 4.39 Å². The molecule has 28 heavy (non-hydrogen) atoms. The van der Waals surface area contributed by atoms with Crippen molar-refractivity contribution in [2.24, 2.45) is 0 Å². The summed E-state index contributed by atoms with van der Waals surface area (Å²) in [6.07, 6.45) is 2.92. The monoisotopic (exact) mass is 416 g/mol. The first-order chi connectivity index (χ1) is 13.3. The van der Waals surface area contributed by atoms with Crippen LogP contribution in [0.5, 0.6) is 5.75 Å². The molecule has 0 heterocycles. The van der Waals surface area contributed by atoms with E-state index in [0.29, 0.717) is 16.1 Å². The number of rotatable bonds is 6. The summed E-state index contributed by atoms with van der Waals surface area (Å²) in [5, 5.41) is 0.413. The Morgan fingerprint density at radius 2 is 1.50 bits per heavy atom. The first-order valence-corrected chi connectivity index (χ1v) is 9.90. The third-order valence-corrected chi connectivity index (χ3v) is 5.26. The summed E-state index contributed by atoms with van der Waals surface area (Å²) in [6.45, 7) is 0. The van der Waals surface area contributed by atoms with Crippen LogP contribution in [0.4, 0.5) is 4.39 Å². The second kappa shape index (κ2) is 8.37. The molecule has 0 aliphatic rings. The van der Waals surface area contributed by atoms with Crippen LogP contribution in [0.15, 0.2) is 83.8 Å². The van der Waals surface area contributed by atoms with Crippen molar-refractivity contribution in [3.05, 3.63) is 101 Å². The highest BCUT2D eigenvalue weighted by Crippen LogP contribution is 2.21. The zero-order valence-corrected chi connectivity index (χ0v) is 16.0. The number of allylic oxidation sites excluding steroid dienone is 1. The molecule has 142 valence electrons. The van der Waals surface area contributed by atoms with Gasteiger partial charge in [-0.3, -0.25) is 4.79 Å². The topological polar surface area (TPSA) is 60.4 Å². The maximum absolute atomic E-state index is 12.9. The molecule has 0 aromatic heterocycles. The van der Waals surface area contributed by atoms with Crippen LogP contribution in [0.25, 0.3) is 6.08 Å². The largest absolute Gasteiger partial charge is 0.379 e. The van der Waals surface area contributed by atoms with E-state index in [0.717, 1.165) is 0 Å². The zero-order chi connectivity index (χ0) is 20.1. The molecule has 0 saturated heterocycles. The maximum atomic E-state index is 12.9. The summed E-state index contributed by atoms with van der Waals surface area (Å²) >= 11 is 5.75. The van der Waals surface area contributed by atoms with Crippen LogP contribution in [-0.4, -0.2) is 14.2 Å². The Hall–Kier alpha value is -2.96. The lowest BCUT2D eigenvalue weighted by Gasteiger charge is -2.07. The van der Waals surface area contributed by atoms with Gasteiger partial charge < -0.3 is 4.18 Å². The third kappa shape index (κ3) is 5.06. The summed E-state index contributed by atoms with van der Waals surface area (Å²) in [5.74, 6) is -0.557. The molecule has 7 heteroatoms. The van der Waals surface area contributed by atoms with Gasteiger partial charge in [0.2, 0.25) is 0 Å². The van der Waals surface area contributed by atoms with Crippen LogP contribution < -0.4 is 4.18 Å². The Bertz CT molecular complexity index is 1100. The van der Waals surface area contributed by atoms with Gasteiger partial charge in [-0.1, -0.05) is 29.8 Å². The first kappa shape index (κ1) is 19.8. The number of hydrogen-bond acceptors (Lipinski definition) is 4. The Morgan fingerprint density at radius 1 is 0.893 bits per heavy atom. The fourth-order valence-corrected chi connectivity index (χ4v) is 3.35. The summed E-state index contributed by atoms with van der Waals surface area (Å²) in [5.41, 5.74) is 1.04. The van der Waals surface area contributed by atoms with Crippen molar-refractivity contribution in [1.29, 1.82) is 0 Å². The van der Waals surface area contributed by atoms with Gasteiger partial charge in [-0.15, -0.1) is 0 Å². The molecule has 4 nitrogen and oxygen atoms in total. The van der Waals surface area contributed by atoms with Gasteiger partial charge in [0.15, 0.2) is 5.78 Å². The highest BCUT2D eigenvalue weighted by Gasteiger charge is 2.16. The molecule has 0 radical (unpaired) electrons. The normalized spacial score (nSPS) is 11.5. The molecule has 0 spiro atoms. The van der Waals surface area contributed by atoms with Crippen molar-refractivity contribution in [1.82, 2.24) is 0 Å². The minimum atomic E-state index is -4.00. The summed E-state index contributed by atoms with van der Waals surface area (Å²) in [6, 6.07) is 17.0. The van der Waals surface area contributed by atoms with Crippen molar-refractivity contribution in [2.75, 3.05) is 0 Å². The standard InChI is InChI=1S/C21H14ClFO4S/c22-17-6-12-20(13-7-17)28(25,26)27-19-10-4-16(5-11-19)21(24)14-3-15-1-8-18(23)9-2-15/h1-14H. The van der Waals surface area contributed by atoms with E-state index in [1.807, 2.05) is 0 Å². The lowest BCUT2D eigenvalue weighted by Crippen LogP contribution is -2.09. The van der Waals surface area contributed by atoms with Gasteiger partial charge in [0.25, 0.3) is 0 Å². The summed E-state index contributed by atoms with van der Waals surface area (Å²) in [7, 11) is -4.00. The Balaban J connectivity index is 1.69. The van der Waals surface area contributed by atoms with E-state index in [4.69, 9.17) is 15.8 Å². The Labute approximate surface area is 167 Å². The SMILES string of the molecule is O=C(C=Cc1ccc(F)cc1)c1ccc(OS(=O)(=O)c2ccc(Cl)cc2)cc1. The molecule has 0 unspecified atom stereocenters. The van der Waals surface area contributed by atoms with Crippen LogP contribution >= 0.6 is 11.6 Å². The minimum absolute atomic E-state index is 0.0284. The number of carbonyl (C=O) groups is 1. The Kier molecular flexibility index (Phi) is 5.92. The average molecular weight is 417 g/mol. The van der Waals surface area contributed by atoms with E-state index in [1.165, 1.54) is 66.7 Å². The molecule has 3 rings (SSSR count). The molecule has 0 N–H and O–H groups in total. The number of carbonyl (C=O) groups excluding carboxylic acids is 1. The van der Waals surface area contributed by atoms with E-state index < -0.39 is 10.1 Å². The lowest BCUT2D eigenvalue weighted by atomic mass is 10.1. The molecule has 0 bridgehead atoms. The smallest absolute Gasteiger partial charge is 0.339 e. The molecule has 0 fully saturated rings. The van der Waals surface area contributed by atoms with Gasteiger partial charge in [-0.2, -0.15) is 8.42 Å². The quantitative estimate of drug-likeness (QED) is 0.317. The van der Waals surface area contributed by atoms with Crippen LogP contribution in [0.2, 0.25) is 5.02 Å². The molecular formula is C21H14ClFO4S. The second-order valence-electron chi connectivity index (χ2n) is 5.76. The van der Waals surface area contributed by atoms with Crippen LogP contribution in [-0.2, 0) is 10.1 Å². The van der Waals surface area contributed by atoms with Gasteiger partial charge in [0.05, 0.1) is 0 Å². The van der Waals surface area contributed by atoms with Gasteiger partial charge in [-0.05, 0) is 72.3 Å². The van der Waals surface area contributed by atoms with E-state index >= 15 is 0 Å². The predicted octanol–water partition coefficient (Wildman–Crippen LogP) is 5.14. The fraction of sp³-hybridized carbons (Fsp3) is 0. The van der Waals surface area contributed by atoms with E-state index in [1.54, 1.807) is 18.2 Å². The summed E-state index contributed by atoms with van der Waals surface area (Å²) < 4.78 is 42.4. The maximum Gasteiger partial charge on any atom is 0.339 e. The number of hydrogen-bond donors (Lipinski definition) is 0. The van der Waals surface area contributed by atoms with Crippen LogP contribution in [0, 0.1) is 5.82 Å². The molecule has 0 amide bonds. The second-order valence-corrected chi connectivity index (χ2v) is 7.75. The highest BCUT2D eigenvalue weighted by molar-refractivity contribution is 7.87. The van der Waals surface area contributed by atoms with E-state index in [-0.39, 0.29) is 22.2 Å². The first-order valence-electron chi connectivity index (χ1n) is 8.12. The fourth-order valence-electron chi connectivity index (χ4n) is 2.29. The molecule has 3 aromatic rings. The van der Waals surface area contributed by atoms with Crippen LogP contribution in [0.1, 0.15) is 15.9 Å². The minimum Gasteiger partial charge on any atom is -0.379 e. The van der Waals surface area contributed by atoms with Gasteiger partial charge in [0, 0.05) is 10.6 Å². The van der Waals surface area contributed by atoms with Crippen molar-refractivity contribution >= 4 is 33.6 Å². The average Bonchev–Trinajstić information content (AvgIpc) is 2.68. The van der Waals surface area contributed by atoms with Crippen molar-refractivity contribution in [3.8, 4) is 5.75 Å². The van der Waals surface area contributed by atoms with Crippen molar-refractivity contribution in [2.45, 2.75) is 4.90 Å². The lowest BCUT2D eigenvalue weighted by molar-refractivity contribution is 0.104. The molecule has 0 aliphatic heterocycles. The summed E-state index contributed by atoms with van der Waals surface area (Å²) in [4.78, 5) is 12.2. The number of benzene rings is 3. The third-order valence-electron chi connectivity index (χ3n) is 3.74. The molecule has 0 saturated carbocycles. The van der Waals surface area contributed by atoms with Crippen molar-refractivity contribution < 1.29 is 21.8 Å². The molecular weight excluding hydrogens is 403 g/mol. The zero-order valence-electron chi connectivity index (χ0n) is 14.4. The van der Waals surface area contributed by atoms with Gasteiger partial charge >= 0.3 is 10.1 Å².